The quantitative estimate of drug-likeness (QED) is 0.146. The molecule has 5 aromatic rings. The lowest BCUT2D eigenvalue weighted by molar-refractivity contribution is 0.266. The molecule has 0 unspecified atom stereocenters. The van der Waals surface area contributed by atoms with Crippen molar-refractivity contribution in [1.82, 2.24) is 24.9 Å². The van der Waals surface area contributed by atoms with Crippen LogP contribution >= 0.6 is 0 Å². The number of aryl methyl sites for hydroxylation is 1. The predicted octanol–water partition coefficient (Wildman–Crippen LogP) is 7.17. The molecule has 0 radical (unpaired) electrons. The molecule has 0 saturated carbocycles. The van der Waals surface area contributed by atoms with Gasteiger partial charge in [-0.1, -0.05) is 25.9 Å². The Morgan fingerprint density at radius 2 is 1.67 bits per heavy atom. The maximum atomic E-state index is 6.33. The van der Waals surface area contributed by atoms with Crippen molar-refractivity contribution in [2.45, 2.75) is 58.9 Å². The van der Waals surface area contributed by atoms with Gasteiger partial charge in [0.05, 0.1) is 68.7 Å². The first-order valence-electron chi connectivity index (χ1n) is 14.3. The maximum absolute atomic E-state index is 6.33. The van der Waals surface area contributed by atoms with Crippen molar-refractivity contribution in [2.75, 3.05) is 25.7 Å². The van der Waals surface area contributed by atoms with Gasteiger partial charge in [-0.25, -0.2) is 4.98 Å². The zero-order chi connectivity index (χ0) is 30.8. The minimum Gasteiger partial charge on any atom is -0.497 e. The molecular formula is C32H40N6O4Si. The summed E-state index contributed by atoms with van der Waals surface area (Å²) in [6.45, 7) is 14.9. The van der Waals surface area contributed by atoms with Gasteiger partial charge in [-0.15, -0.1) is 0 Å². The largest absolute Gasteiger partial charge is 0.497 e. The van der Waals surface area contributed by atoms with Gasteiger partial charge in [0, 0.05) is 47.4 Å². The summed E-state index contributed by atoms with van der Waals surface area (Å²) in [7, 11) is 1.47. The molecule has 0 bridgehead atoms. The number of fused-ring (bicyclic) bond motifs is 1. The molecule has 0 amide bonds. The lowest BCUT2D eigenvalue weighted by Gasteiger charge is -2.36. The van der Waals surface area contributed by atoms with Crippen LogP contribution in [0.25, 0.3) is 22.3 Å². The van der Waals surface area contributed by atoms with Crippen molar-refractivity contribution in [2.24, 2.45) is 0 Å². The van der Waals surface area contributed by atoms with Gasteiger partial charge >= 0.3 is 0 Å². The molecule has 0 aliphatic carbocycles. The van der Waals surface area contributed by atoms with Crippen LogP contribution in [0.15, 0.2) is 65.6 Å². The first-order chi connectivity index (χ1) is 20.5. The van der Waals surface area contributed by atoms with E-state index in [0.717, 1.165) is 45.1 Å². The van der Waals surface area contributed by atoms with Crippen molar-refractivity contribution in [3.8, 4) is 22.8 Å². The van der Waals surface area contributed by atoms with Gasteiger partial charge in [0.25, 0.3) is 0 Å². The molecule has 0 fully saturated rings. The summed E-state index contributed by atoms with van der Waals surface area (Å²) >= 11 is 0. The van der Waals surface area contributed by atoms with Crippen LogP contribution in [0, 0.1) is 6.92 Å². The highest BCUT2D eigenvalue weighted by atomic mass is 28.4. The highest BCUT2D eigenvalue weighted by Gasteiger charge is 2.36. The molecule has 0 spiro atoms. The molecule has 226 valence electrons. The number of benzene rings is 2. The van der Waals surface area contributed by atoms with Gasteiger partial charge in [-0.3, -0.25) is 9.67 Å². The van der Waals surface area contributed by atoms with Crippen LogP contribution in [0.1, 0.15) is 32.2 Å². The van der Waals surface area contributed by atoms with E-state index in [9.17, 15) is 0 Å². The third-order valence-electron chi connectivity index (χ3n) is 7.99. The molecule has 3 heterocycles. The molecule has 10 nitrogen and oxygen atoms in total. The molecule has 0 N–H and O–H groups in total. The highest BCUT2D eigenvalue weighted by Crippen LogP contribution is 2.37. The SMILES string of the molecule is COc1cc(OC)cc(N(Cc2cc(C)no2)c2ccc3ncc(-c4cnn(CCO[Si](C)(C)C(C)(C)C)c4)nc3c2)c1. The fourth-order valence-electron chi connectivity index (χ4n) is 4.46. The van der Waals surface area contributed by atoms with E-state index in [1.54, 1.807) is 20.4 Å². The zero-order valence-electron chi connectivity index (χ0n) is 26.2. The predicted molar refractivity (Wildman–Crippen MR) is 171 cm³/mol. The van der Waals surface area contributed by atoms with E-state index in [0.29, 0.717) is 31.2 Å². The number of methoxy groups -OCH3 is 2. The summed E-state index contributed by atoms with van der Waals surface area (Å²) in [4.78, 5) is 11.8. The molecule has 0 aliphatic rings. The number of rotatable bonds is 11. The van der Waals surface area contributed by atoms with Crippen LogP contribution in [0.2, 0.25) is 18.1 Å². The Balaban J connectivity index is 1.44. The molecule has 43 heavy (non-hydrogen) atoms. The van der Waals surface area contributed by atoms with Crippen LogP contribution in [-0.2, 0) is 17.5 Å². The number of hydrogen-bond donors (Lipinski definition) is 0. The zero-order valence-corrected chi connectivity index (χ0v) is 27.2. The highest BCUT2D eigenvalue weighted by molar-refractivity contribution is 6.74. The van der Waals surface area contributed by atoms with E-state index in [-0.39, 0.29) is 5.04 Å². The third-order valence-corrected chi connectivity index (χ3v) is 12.5. The standard InChI is InChI=1S/C32H40N6O4Si/c1-22-13-28(42-36-22)21-38(25-14-26(39-5)17-27(15-25)40-6)24-9-10-29-30(16-24)35-31(19-33-29)23-18-34-37(20-23)11-12-41-43(7,8)32(2,3)4/h9-10,13-20H,11-12,21H2,1-8H3. The molecule has 0 aliphatic heterocycles. The smallest absolute Gasteiger partial charge is 0.192 e. The second kappa shape index (κ2) is 12.2. The average Bonchev–Trinajstić information content (AvgIpc) is 3.63. The third kappa shape index (κ3) is 6.89. The molecule has 0 saturated heterocycles. The number of aromatic nitrogens is 5. The molecule has 3 aromatic heterocycles. The van der Waals surface area contributed by atoms with Crippen molar-refractivity contribution >= 4 is 30.7 Å². The van der Waals surface area contributed by atoms with Crippen molar-refractivity contribution in [3.63, 3.8) is 0 Å². The first kappa shape index (κ1) is 30.2. The fraction of sp³-hybridized carbons (Fsp3) is 0.375. The minimum atomic E-state index is -1.81. The number of nitrogens with zero attached hydrogens (tertiary/aromatic N) is 6. The van der Waals surface area contributed by atoms with Gasteiger partial charge < -0.3 is 23.3 Å². The number of ether oxygens (including phenoxy) is 2. The van der Waals surface area contributed by atoms with Crippen LogP contribution in [0.5, 0.6) is 11.5 Å². The van der Waals surface area contributed by atoms with Gasteiger partial charge in [0.15, 0.2) is 14.1 Å². The Kier molecular flexibility index (Phi) is 8.56. The molecule has 5 rings (SSSR count). The topological polar surface area (TPSA) is 101 Å². The van der Waals surface area contributed by atoms with Gasteiger partial charge in [-0.05, 0) is 43.3 Å². The normalized spacial score (nSPS) is 12.1. The second-order valence-electron chi connectivity index (χ2n) is 12.1. The summed E-state index contributed by atoms with van der Waals surface area (Å²) in [5.41, 5.74) is 5.80. The van der Waals surface area contributed by atoms with E-state index < -0.39 is 8.32 Å². The number of hydrogen-bond acceptors (Lipinski definition) is 9. The summed E-state index contributed by atoms with van der Waals surface area (Å²) < 4.78 is 24.9. The lowest BCUT2D eigenvalue weighted by atomic mass is 10.1. The Bertz CT molecular complexity index is 1690. The van der Waals surface area contributed by atoms with Crippen LogP contribution in [0.3, 0.4) is 0 Å². The molecule has 2 aromatic carbocycles. The summed E-state index contributed by atoms with van der Waals surface area (Å²) in [5.74, 6) is 2.09. The fourth-order valence-corrected chi connectivity index (χ4v) is 5.50. The summed E-state index contributed by atoms with van der Waals surface area (Å²) in [6, 6.07) is 13.7. The van der Waals surface area contributed by atoms with Crippen molar-refractivity contribution < 1.29 is 18.4 Å². The van der Waals surface area contributed by atoms with Crippen molar-refractivity contribution in [1.29, 1.82) is 0 Å². The molecular weight excluding hydrogens is 560 g/mol. The van der Waals surface area contributed by atoms with Crippen LogP contribution < -0.4 is 14.4 Å². The van der Waals surface area contributed by atoms with Gasteiger partial charge in [-0.2, -0.15) is 5.10 Å². The Labute approximate surface area is 253 Å². The van der Waals surface area contributed by atoms with E-state index in [4.69, 9.17) is 28.4 Å². The summed E-state index contributed by atoms with van der Waals surface area (Å²) in [5, 5.41) is 8.80. The second-order valence-corrected chi connectivity index (χ2v) is 16.9. The lowest BCUT2D eigenvalue weighted by Crippen LogP contribution is -2.41. The van der Waals surface area contributed by atoms with Gasteiger partial charge in [0.2, 0.25) is 0 Å². The average molecular weight is 601 g/mol. The first-order valence-corrected chi connectivity index (χ1v) is 17.2. The summed E-state index contributed by atoms with van der Waals surface area (Å²) in [6.07, 6.45) is 5.61. The Hall–Kier alpha value is -4.22. The number of anilines is 2. The van der Waals surface area contributed by atoms with Gasteiger partial charge in [0.1, 0.15) is 11.5 Å². The van der Waals surface area contributed by atoms with E-state index >= 15 is 0 Å². The minimum absolute atomic E-state index is 0.170. The maximum Gasteiger partial charge on any atom is 0.192 e. The van der Waals surface area contributed by atoms with Crippen molar-refractivity contribution in [3.05, 3.63) is 72.5 Å². The van der Waals surface area contributed by atoms with E-state index in [1.165, 1.54) is 0 Å². The van der Waals surface area contributed by atoms with E-state index in [1.807, 2.05) is 66.5 Å². The monoisotopic (exact) mass is 600 g/mol. The molecule has 0 atom stereocenters. The Morgan fingerprint density at radius 3 is 2.33 bits per heavy atom. The molecule has 11 heteroatoms. The van der Waals surface area contributed by atoms with Crippen LogP contribution in [-0.4, -0.2) is 54.0 Å². The van der Waals surface area contributed by atoms with Crippen LogP contribution in [0.4, 0.5) is 11.4 Å². The Morgan fingerprint density at radius 1 is 0.930 bits per heavy atom. The van der Waals surface area contributed by atoms with E-state index in [2.05, 4.69) is 49.0 Å².